The van der Waals surface area contributed by atoms with Gasteiger partial charge in [0.2, 0.25) is 0 Å². The molecule has 1 aromatic carbocycles. The number of halogens is 1. The Bertz CT molecular complexity index is 404. The van der Waals surface area contributed by atoms with E-state index >= 15 is 0 Å². The Hall–Kier alpha value is -0.870. The molecule has 0 radical (unpaired) electrons. The van der Waals surface area contributed by atoms with Gasteiger partial charge in [0, 0.05) is 6.07 Å². The smallest absolute Gasteiger partial charge is 0.121 e. The molecule has 2 aromatic rings. The molecule has 0 bridgehead atoms. The second-order valence-electron chi connectivity index (χ2n) is 2.45. The fourth-order valence-electron chi connectivity index (χ4n) is 1.01. The van der Waals surface area contributed by atoms with Crippen LogP contribution in [0.25, 0.3) is 11.0 Å². The summed E-state index contributed by atoms with van der Waals surface area (Å²) in [7, 11) is 0. The normalized spacial score (nSPS) is 10.5. The largest absolute Gasteiger partial charge is 0.492 e. The lowest BCUT2D eigenvalue weighted by Crippen LogP contribution is -1.97. The average molecular weight is 215 g/mol. The molecule has 0 saturated heterocycles. The molecule has 0 fully saturated rings. The molecule has 13 heavy (non-hydrogen) atoms. The van der Waals surface area contributed by atoms with E-state index in [0.29, 0.717) is 12.5 Å². The minimum atomic E-state index is 0.493. The van der Waals surface area contributed by atoms with Crippen LogP contribution < -0.4 is 4.74 Å². The van der Waals surface area contributed by atoms with E-state index in [9.17, 15) is 0 Å². The lowest BCUT2D eigenvalue weighted by Gasteiger charge is -2.01. The molecule has 68 valence electrons. The molecule has 0 saturated carbocycles. The van der Waals surface area contributed by atoms with Crippen LogP contribution in [-0.2, 0) is 0 Å². The molecule has 0 aliphatic heterocycles. The van der Waals surface area contributed by atoms with E-state index < -0.39 is 0 Å². The Morgan fingerprint density at radius 3 is 3.00 bits per heavy atom. The second-order valence-corrected chi connectivity index (χ2v) is 3.36. The molecule has 0 atom stereocenters. The summed E-state index contributed by atoms with van der Waals surface area (Å²) in [5.41, 5.74) is 1.78. The number of rotatable bonds is 3. The van der Waals surface area contributed by atoms with Gasteiger partial charge in [-0.1, -0.05) is 0 Å². The summed E-state index contributed by atoms with van der Waals surface area (Å²) in [6, 6.07) is 5.63. The maximum absolute atomic E-state index is 5.50. The van der Waals surface area contributed by atoms with E-state index in [1.807, 2.05) is 18.2 Å². The van der Waals surface area contributed by atoms with E-state index in [1.165, 1.54) is 11.7 Å². The van der Waals surface area contributed by atoms with E-state index in [2.05, 4.69) is 8.75 Å². The molecule has 5 heteroatoms. The highest BCUT2D eigenvalue weighted by molar-refractivity contribution is 7.00. The van der Waals surface area contributed by atoms with Gasteiger partial charge in [-0.25, -0.2) is 0 Å². The maximum Gasteiger partial charge on any atom is 0.121 e. The van der Waals surface area contributed by atoms with Gasteiger partial charge in [-0.3, -0.25) is 0 Å². The number of benzene rings is 1. The zero-order valence-corrected chi connectivity index (χ0v) is 8.31. The fourth-order valence-corrected chi connectivity index (χ4v) is 1.60. The van der Waals surface area contributed by atoms with Crippen molar-refractivity contribution in [1.29, 1.82) is 0 Å². The van der Waals surface area contributed by atoms with Gasteiger partial charge in [-0.15, -0.1) is 11.6 Å². The predicted octanol–water partition coefficient (Wildman–Crippen LogP) is 2.31. The van der Waals surface area contributed by atoms with Gasteiger partial charge in [0.1, 0.15) is 23.4 Å². The molecule has 0 spiro atoms. The number of aromatic nitrogens is 2. The minimum Gasteiger partial charge on any atom is -0.492 e. The number of hydrogen-bond acceptors (Lipinski definition) is 4. The summed E-state index contributed by atoms with van der Waals surface area (Å²) in [6.45, 7) is 0.518. The van der Waals surface area contributed by atoms with E-state index in [4.69, 9.17) is 16.3 Å². The molecule has 0 aliphatic rings. The minimum absolute atomic E-state index is 0.493. The first-order valence-corrected chi connectivity index (χ1v) is 5.08. The number of alkyl halides is 1. The molecule has 0 unspecified atom stereocenters. The van der Waals surface area contributed by atoms with Crippen LogP contribution in [-0.4, -0.2) is 21.2 Å². The maximum atomic E-state index is 5.50. The van der Waals surface area contributed by atoms with Crippen molar-refractivity contribution in [3.05, 3.63) is 18.2 Å². The lowest BCUT2D eigenvalue weighted by atomic mass is 10.3. The second kappa shape index (κ2) is 3.89. The van der Waals surface area contributed by atoms with E-state index in [1.54, 1.807) is 0 Å². The van der Waals surface area contributed by atoms with Crippen LogP contribution in [0.15, 0.2) is 18.2 Å². The standard InChI is InChI=1S/C8H7ClN2OS/c9-3-4-12-6-1-2-7-8(5-6)11-13-10-7/h1-2,5H,3-4H2. The van der Waals surface area contributed by atoms with Gasteiger partial charge in [0.15, 0.2) is 0 Å². The predicted molar refractivity (Wildman–Crippen MR) is 53.6 cm³/mol. The van der Waals surface area contributed by atoms with Crippen molar-refractivity contribution in [2.75, 3.05) is 12.5 Å². The summed E-state index contributed by atoms with van der Waals surface area (Å²) in [4.78, 5) is 0. The van der Waals surface area contributed by atoms with Crippen molar-refractivity contribution >= 4 is 34.4 Å². The molecular formula is C8H7ClN2OS. The molecular weight excluding hydrogens is 208 g/mol. The van der Waals surface area contributed by atoms with Gasteiger partial charge < -0.3 is 4.74 Å². The van der Waals surface area contributed by atoms with Gasteiger partial charge in [0.05, 0.1) is 17.6 Å². The Morgan fingerprint density at radius 2 is 2.15 bits per heavy atom. The van der Waals surface area contributed by atoms with E-state index in [-0.39, 0.29) is 0 Å². The Balaban J connectivity index is 2.26. The van der Waals surface area contributed by atoms with Crippen LogP contribution in [0, 0.1) is 0 Å². The molecule has 0 aliphatic carbocycles. The van der Waals surface area contributed by atoms with Crippen molar-refractivity contribution in [3.63, 3.8) is 0 Å². The zero-order valence-electron chi connectivity index (χ0n) is 6.74. The Kier molecular flexibility index (Phi) is 2.61. The quantitative estimate of drug-likeness (QED) is 0.736. The Labute approximate surface area is 84.6 Å². The molecule has 2 rings (SSSR count). The first kappa shape index (κ1) is 8.72. The van der Waals surface area contributed by atoms with Crippen LogP contribution in [0.3, 0.4) is 0 Å². The molecule has 0 amide bonds. The third kappa shape index (κ3) is 1.89. The van der Waals surface area contributed by atoms with Gasteiger partial charge in [-0.05, 0) is 12.1 Å². The van der Waals surface area contributed by atoms with Crippen LogP contribution in [0.1, 0.15) is 0 Å². The first-order chi connectivity index (χ1) is 6.40. The van der Waals surface area contributed by atoms with Crippen LogP contribution in [0.5, 0.6) is 5.75 Å². The highest BCUT2D eigenvalue weighted by Crippen LogP contribution is 2.18. The monoisotopic (exact) mass is 214 g/mol. The fraction of sp³-hybridized carbons (Fsp3) is 0.250. The SMILES string of the molecule is ClCCOc1ccc2nsnc2c1. The third-order valence-electron chi connectivity index (χ3n) is 1.57. The van der Waals surface area contributed by atoms with Crippen molar-refractivity contribution in [1.82, 2.24) is 8.75 Å². The van der Waals surface area contributed by atoms with Crippen molar-refractivity contribution < 1.29 is 4.74 Å². The average Bonchev–Trinajstić information content (AvgIpc) is 2.61. The first-order valence-electron chi connectivity index (χ1n) is 3.81. The molecule has 1 heterocycles. The van der Waals surface area contributed by atoms with Crippen LogP contribution in [0.2, 0.25) is 0 Å². The van der Waals surface area contributed by atoms with Crippen LogP contribution >= 0.6 is 23.3 Å². The summed E-state index contributed by atoms with van der Waals surface area (Å²) in [5, 5.41) is 0. The molecule has 1 aromatic heterocycles. The zero-order chi connectivity index (χ0) is 9.10. The van der Waals surface area contributed by atoms with Gasteiger partial charge in [0.25, 0.3) is 0 Å². The number of nitrogens with zero attached hydrogens (tertiary/aromatic N) is 2. The summed E-state index contributed by atoms with van der Waals surface area (Å²) >= 11 is 6.70. The highest BCUT2D eigenvalue weighted by Gasteiger charge is 1.99. The van der Waals surface area contributed by atoms with Gasteiger partial charge in [-0.2, -0.15) is 8.75 Å². The lowest BCUT2D eigenvalue weighted by molar-refractivity contribution is 0.343. The number of hydrogen-bond donors (Lipinski definition) is 0. The number of ether oxygens (including phenoxy) is 1. The topological polar surface area (TPSA) is 35.0 Å². The van der Waals surface area contributed by atoms with Crippen LogP contribution in [0.4, 0.5) is 0 Å². The number of fused-ring (bicyclic) bond motifs is 1. The molecule has 0 N–H and O–H groups in total. The van der Waals surface area contributed by atoms with Crippen molar-refractivity contribution in [3.8, 4) is 5.75 Å². The summed E-state index contributed by atoms with van der Waals surface area (Å²) in [6.07, 6.45) is 0. The van der Waals surface area contributed by atoms with Gasteiger partial charge >= 0.3 is 0 Å². The van der Waals surface area contributed by atoms with Crippen molar-refractivity contribution in [2.45, 2.75) is 0 Å². The van der Waals surface area contributed by atoms with E-state index in [0.717, 1.165) is 16.8 Å². The molecule has 3 nitrogen and oxygen atoms in total. The highest BCUT2D eigenvalue weighted by atomic mass is 35.5. The summed E-state index contributed by atoms with van der Waals surface area (Å²) in [5.74, 6) is 1.29. The Morgan fingerprint density at radius 1 is 1.31 bits per heavy atom. The third-order valence-corrected chi connectivity index (χ3v) is 2.28. The van der Waals surface area contributed by atoms with Crippen molar-refractivity contribution in [2.24, 2.45) is 0 Å². The summed E-state index contributed by atoms with van der Waals surface area (Å²) < 4.78 is 13.5.